The van der Waals surface area contributed by atoms with Crippen molar-refractivity contribution in [1.29, 1.82) is 0 Å². The lowest BCUT2D eigenvalue weighted by Crippen LogP contribution is -2.53. The van der Waals surface area contributed by atoms with Crippen molar-refractivity contribution >= 4 is 46.8 Å². The van der Waals surface area contributed by atoms with Crippen LogP contribution in [-0.2, 0) is 29.0 Å². The lowest BCUT2D eigenvalue weighted by molar-refractivity contribution is -0.130. The molecule has 10 nitrogen and oxygen atoms in total. The van der Waals surface area contributed by atoms with Gasteiger partial charge in [0, 0.05) is 61.9 Å². The Kier molecular flexibility index (Phi) is 12.9. The van der Waals surface area contributed by atoms with Crippen LogP contribution in [0.4, 0.5) is 0 Å². The van der Waals surface area contributed by atoms with Crippen LogP contribution < -0.4 is 15.6 Å². The zero-order valence-electron chi connectivity index (χ0n) is 28.5. The Morgan fingerprint density at radius 2 is 1.66 bits per heavy atom. The van der Waals surface area contributed by atoms with Gasteiger partial charge in [-0.1, -0.05) is 107 Å². The van der Waals surface area contributed by atoms with Crippen LogP contribution in [0.2, 0.25) is 10.0 Å². The van der Waals surface area contributed by atoms with Crippen molar-refractivity contribution in [1.82, 2.24) is 10.9 Å². The minimum atomic E-state index is -1.60. The van der Waals surface area contributed by atoms with Gasteiger partial charge in [-0.3, -0.25) is 10.2 Å². The van der Waals surface area contributed by atoms with Crippen LogP contribution in [0.25, 0.3) is 10.4 Å². The summed E-state index contributed by atoms with van der Waals surface area (Å²) >= 11 is 14.8. The van der Waals surface area contributed by atoms with Crippen molar-refractivity contribution in [2.24, 2.45) is 10.1 Å². The average Bonchev–Trinajstić information content (AvgIpc) is 3.56. The highest BCUT2D eigenvalue weighted by atomic mass is 35.5. The highest BCUT2D eigenvalue weighted by Gasteiger charge is 2.54. The maximum atomic E-state index is 14.8. The number of hydrogen-bond donors (Lipinski definition) is 3. The third kappa shape index (κ3) is 9.33. The van der Waals surface area contributed by atoms with Gasteiger partial charge in [0.1, 0.15) is 5.75 Å². The fourth-order valence-electron chi connectivity index (χ4n) is 5.95. The van der Waals surface area contributed by atoms with E-state index in [0.717, 1.165) is 26.5 Å². The number of hydrogen-bond acceptors (Lipinski definition) is 8. The van der Waals surface area contributed by atoms with Gasteiger partial charge in [-0.05, 0) is 76.8 Å². The number of nitrogens with zero attached hydrogens (tertiary/aromatic N) is 4. The van der Waals surface area contributed by atoms with Gasteiger partial charge in [-0.2, -0.15) is 0 Å². The molecule has 1 amide bonds. The first-order chi connectivity index (χ1) is 25.9. The number of aliphatic hydroxyl groups excluding tert-OH is 1. The molecular formula is C40H36Cl2N6O4S. The lowest BCUT2D eigenvalue weighted by Gasteiger charge is -2.32. The number of aliphatic imine (C=N–C) groups is 1. The van der Waals surface area contributed by atoms with Gasteiger partial charge in [0.25, 0.3) is 5.91 Å². The topological polar surface area (TPSA) is 141 Å². The number of azide groups is 1. The summed E-state index contributed by atoms with van der Waals surface area (Å²) in [4.78, 5) is 25.0. The summed E-state index contributed by atoms with van der Waals surface area (Å²) in [5, 5.41) is 13.7. The highest BCUT2D eigenvalue weighted by molar-refractivity contribution is 7.99. The van der Waals surface area contributed by atoms with E-state index in [4.69, 9.17) is 48.3 Å². The molecule has 270 valence electrons. The van der Waals surface area contributed by atoms with Crippen LogP contribution in [0, 0.1) is 0 Å². The second kappa shape index (κ2) is 18.2. The molecule has 0 saturated heterocycles. The van der Waals surface area contributed by atoms with Crippen molar-refractivity contribution in [2.75, 3.05) is 13.2 Å². The molecule has 0 spiro atoms. The van der Waals surface area contributed by atoms with E-state index in [0.29, 0.717) is 46.5 Å². The largest absolute Gasteiger partial charge is 0.494 e. The molecule has 0 unspecified atom stereocenters. The Hall–Kier alpha value is -5.00. The molecule has 6 rings (SSSR count). The van der Waals surface area contributed by atoms with Gasteiger partial charge in [0.05, 0.1) is 13.2 Å². The maximum Gasteiger partial charge on any atom is 0.266 e. The number of ether oxygens (including phenoxy) is 2. The van der Waals surface area contributed by atoms with E-state index in [1.165, 1.54) is 0 Å². The minimum Gasteiger partial charge on any atom is -0.494 e. The Bertz CT molecular complexity index is 2110. The fraction of sp³-hybridized carbons (Fsp3) is 0.200. The Morgan fingerprint density at radius 3 is 2.40 bits per heavy atom. The van der Waals surface area contributed by atoms with Crippen LogP contribution in [-0.4, -0.2) is 35.7 Å². The molecule has 5 aromatic carbocycles. The number of amides is 1. The molecule has 2 atom stereocenters. The van der Waals surface area contributed by atoms with Crippen LogP contribution in [0.15, 0.2) is 141 Å². The number of hydrazine groups is 1. The molecule has 5 aromatic rings. The van der Waals surface area contributed by atoms with E-state index in [9.17, 15) is 4.79 Å². The molecule has 0 radical (unpaired) electrons. The first-order valence-electron chi connectivity index (χ1n) is 16.9. The normalized spacial score (nSPS) is 16.3. The van der Waals surface area contributed by atoms with Crippen molar-refractivity contribution in [2.45, 2.75) is 47.4 Å². The van der Waals surface area contributed by atoms with Crippen LogP contribution in [0.5, 0.6) is 5.75 Å². The van der Waals surface area contributed by atoms with E-state index < -0.39 is 17.6 Å². The van der Waals surface area contributed by atoms with Crippen molar-refractivity contribution < 1.29 is 19.4 Å². The summed E-state index contributed by atoms with van der Waals surface area (Å²) in [7, 11) is 0. The number of aliphatic hydroxyl groups is 1. The molecule has 0 saturated carbocycles. The predicted octanol–water partition coefficient (Wildman–Crippen LogP) is 9.04. The first kappa shape index (κ1) is 37.7. The summed E-state index contributed by atoms with van der Waals surface area (Å²) in [6.45, 7) is 0.805. The SMILES string of the molecule is [N-]=[N+]=NCc1ccccc1C[C@]1(C(=O)NNCc2ccccc2Sc2ccccc2)N=C(c2ccc(OCCCO)cc2)O[C@H]1c1ccc(Cl)cc1Cl. The second-order valence-electron chi connectivity index (χ2n) is 12.1. The fourth-order valence-corrected chi connectivity index (χ4v) is 7.42. The first-order valence-corrected chi connectivity index (χ1v) is 18.4. The molecule has 1 aliphatic heterocycles. The number of carbonyl (C=O) groups is 1. The number of halogens is 2. The van der Waals surface area contributed by atoms with Gasteiger partial charge >= 0.3 is 0 Å². The molecular weight excluding hydrogens is 731 g/mol. The highest BCUT2D eigenvalue weighted by Crippen LogP contribution is 2.45. The predicted molar refractivity (Wildman–Crippen MR) is 208 cm³/mol. The van der Waals surface area contributed by atoms with E-state index in [2.05, 4.69) is 33.0 Å². The number of rotatable bonds is 16. The quantitative estimate of drug-likeness (QED) is 0.0301. The summed E-state index contributed by atoms with van der Waals surface area (Å²) in [5.41, 5.74) is 17.2. The molecule has 0 fully saturated rings. The van der Waals surface area contributed by atoms with Crippen molar-refractivity contribution in [3.8, 4) is 5.75 Å². The Labute approximate surface area is 321 Å². The number of carbonyl (C=O) groups excluding carboxylic acids is 1. The van der Waals surface area contributed by atoms with Crippen LogP contribution >= 0.6 is 35.0 Å². The van der Waals surface area contributed by atoms with Gasteiger partial charge < -0.3 is 14.6 Å². The van der Waals surface area contributed by atoms with E-state index >= 15 is 0 Å². The number of nitrogens with one attached hydrogen (secondary N) is 2. The standard InChI is InChI=1S/C40H36Cl2N6O4S/c41-31-17-20-34(35(42)23-31)37-40(24-28-9-4-5-10-29(28)25-45-48-43,46-38(52-37)27-15-18-32(19-16-27)51-22-8-21-49)39(50)47-44-26-30-11-6-7-14-36(30)53-33-12-2-1-3-13-33/h1-7,9-20,23,37,44,49H,8,21-22,24-26H2,(H,47,50)/t37-,40-/m0/s1. The maximum absolute atomic E-state index is 14.8. The average molecular weight is 768 g/mol. The minimum absolute atomic E-state index is 0.0293. The van der Waals surface area contributed by atoms with E-state index in [1.807, 2.05) is 66.7 Å². The van der Waals surface area contributed by atoms with E-state index in [1.54, 1.807) is 54.2 Å². The van der Waals surface area contributed by atoms with Crippen molar-refractivity contribution in [3.63, 3.8) is 0 Å². The number of benzene rings is 5. The zero-order valence-corrected chi connectivity index (χ0v) is 30.8. The van der Waals surface area contributed by atoms with Crippen LogP contribution in [0.3, 0.4) is 0 Å². The monoisotopic (exact) mass is 766 g/mol. The molecule has 53 heavy (non-hydrogen) atoms. The smallest absolute Gasteiger partial charge is 0.266 e. The molecule has 0 aliphatic carbocycles. The molecule has 0 bridgehead atoms. The van der Waals surface area contributed by atoms with Gasteiger partial charge in [0.2, 0.25) is 5.90 Å². The summed E-state index contributed by atoms with van der Waals surface area (Å²) in [6.07, 6.45) is -0.406. The molecule has 13 heteroatoms. The van der Waals surface area contributed by atoms with Gasteiger partial charge in [0.15, 0.2) is 11.6 Å². The molecule has 1 aliphatic rings. The second-order valence-corrected chi connectivity index (χ2v) is 14.1. The Balaban J connectivity index is 1.38. The Morgan fingerprint density at radius 1 is 0.943 bits per heavy atom. The molecule has 3 N–H and O–H groups in total. The van der Waals surface area contributed by atoms with E-state index in [-0.39, 0.29) is 25.5 Å². The summed E-state index contributed by atoms with van der Waals surface area (Å²) in [6, 6.07) is 37.7. The third-order valence-corrected chi connectivity index (χ3v) is 10.3. The lowest BCUT2D eigenvalue weighted by atomic mass is 9.81. The van der Waals surface area contributed by atoms with Crippen LogP contribution in [0.1, 0.15) is 40.3 Å². The summed E-state index contributed by atoms with van der Waals surface area (Å²) in [5.74, 6) is 0.387. The molecule has 1 heterocycles. The van der Waals surface area contributed by atoms with Gasteiger partial charge in [-0.15, -0.1) is 0 Å². The zero-order chi connectivity index (χ0) is 37.0. The summed E-state index contributed by atoms with van der Waals surface area (Å²) < 4.78 is 12.4. The van der Waals surface area contributed by atoms with Crippen molar-refractivity contribution in [3.05, 3.63) is 170 Å². The third-order valence-electron chi connectivity index (χ3n) is 8.58. The molecule has 0 aromatic heterocycles. The van der Waals surface area contributed by atoms with Gasteiger partial charge in [-0.25, -0.2) is 10.4 Å².